The van der Waals surface area contributed by atoms with Crippen molar-refractivity contribution in [2.45, 2.75) is 50.9 Å². The molecule has 0 spiro atoms. The summed E-state index contributed by atoms with van der Waals surface area (Å²) in [4.78, 5) is 2.68. The molecule has 0 radical (unpaired) electrons. The van der Waals surface area contributed by atoms with Gasteiger partial charge in [0, 0.05) is 37.7 Å². The molecule has 4 unspecified atom stereocenters. The lowest BCUT2D eigenvalue weighted by molar-refractivity contribution is 0.102. The van der Waals surface area contributed by atoms with Gasteiger partial charge in [-0.05, 0) is 60.6 Å². The monoisotopic (exact) mass is 360 g/mol. The minimum Gasteiger partial charge on any atom is -0.314 e. The Morgan fingerprint density at radius 1 is 1.04 bits per heavy atom. The molecule has 138 valence electrons. The van der Waals surface area contributed by atoms with Crippen LogP contribution in [0, 0.1) is 17.8 Å². The van der Waals surface area contributed by atoms with E-state index in [2.05, 4.69) is 28.4 Å². The summed E-state index contributed by atoms with van der Waals surface area (Å²) in [6.45, 7) is 5.87. The number of nitrogens with one attached hydrogen (secondary N) is 1. The highest BCUT2D eigenvalue weighted by molar-refractivity contribution is 6.30. The van der Waals surface area contributed by atoms with Gasteiger partial charge >= 0.3 is 0 Å². The van der Waals surface area contributed by atoms with Gasteiger partial charge in [0.1, 0.15) is 0 Å². The lowest BCUT2D eigenvalue weighted by Crippen LogP contribution is -2.46. The lowest BCUT2D eigenvalue weighted by atomic mass is 9.64. The molecule has 3 fully saturated rings. The number of nitrogens with zero attached hydrogens (tertiary/aromatic N) is 1. The highest BCUT2D eigenvalue weighted by Gasteiger charge is 2.36. The average Bonchev–Trinajstić information content (AvgIpc) is 2.66. The zero-order chi connectivity index (χ0) is 17.1. The molecule has 2 aliphatic carbocycles. The molecule has 1 aromatic rings. The molecule has 3 heteroatoms. The second-order valence-electron chi connectivity index (χ2n) is 8.59. The number of piperazine rings is 1. The van der Waals surface area contributed by atoms with E-state index >= 15 is 0 Å². The van der Waals surface area contributed by atoms with Crippen molar-refractivity contribution in [3.05, 3.63) is 34.9 Å². The van der Waals surface area contributed by atoms with Gasteiger partial charge in [-0.15, -0.1) is 0 Å². The summed E-state index contributed by atoms with van der Waals surface area (Å²) in [5.74, 6) is 3.52. The Balaban J connectivity index is 1.51. The summed E-state index contributed by atoms with van der Waals surface area (Å²) in [5.41, 5.74) is 1.48. The van der Waals surface area contributed by atoms with Gasteiger partial charge in [0.2, 0.25) is 0 Å². The topological polar surface area (TPSA) is 15.3 Å². The number of rotatable bonds is 4. The van der Waals surface area contributed by atoms with E-state index in [0.29, 0.717) is 5.92 Å². The molecule has 1 saturated heterocycles. The Hall–Kier alpha value is -0.570. The molecule has 0 bridgehead atoms. The summed E-state index contributed by atoms with van der Waals surface area (Å²) in [7, 11) is 0. The molecular formula is C22H33ClN2. The summed E-state index contributed by atoms with van der Waals surface area (Å²) in [6, 6.07) is 8.73. The standard InChI is InChI=1S/C22H33ClN2/c23-21-7-3-6-19(15-21)22(16-25-12-10-24-11-13-25)20-9-8-17-4-1-2-5-18(17)14-20/h3,6-7,15,17-18,20,22,24H,1-2,4-5,8-14,16H2. The number of fused-ring (bicyclic) bond motifs is 1. The van der Waals surface area contributed by atoms with Crippen LogP contribution < -0.4 is 5.32 Å². The first-order valence-corrected chi connectivity index (χ1v) is 10.9. The van der Waals surface area contributed by atoms with Gasteiger partial charge in [0.15, 0.2) is 0 Å². The van der Waals surface area contributed by atoms with Crippen LogP contribution in [-0.4, -0.2) is 37.6 Å². The fourth-order valence-corrected chi connectivity index (χ4v) is 5.91. The molecule has 1 aromatic carbocycles. The normalized spacial score (nSPS) is 32.1. The molecule has 1 heterocycles. The van der Waals surface area contributed by atoms with Crippen LogP contribution in [0.5, 0.6) is 0 Å². The Morgan fingerprint density at radius 3 is 2.64 bits per heavy atom. The van der Waals surface area contributed by atoms with Gasteiger partial charge in [-0.3, -0.25) is 0 Å². The van der Waals surface area contributed by atoms with E-state index < -0.39 is 0 Å². The summed E-state index contributed by atoms with van der Waals surface area (Å²) in [6.07, 6.45) is 10.3. The van der Waals surface area contributed by atoms with E-state index in [-0.39, 0.29) is 0 Å². The quantitative estimate of drug-likeness (QED) is 0.818. The van der Waals surface area contributed by atoms with Gasteiger partial charge in [-0.25, -0.2) is 0 Å². The van der Waals surface area contributed by atoms with Crippen molar-refractivity contribution in [1.82, 2.24) is 10.2 Å². The zero-order valence-electron chi connectivity index (χ0n) is 15.4. The summed E-state index contributed by atoms with van der Waals surface area (Å²) < 4.78 is 0. The van der Waals surface area contributed by atoms with Gasteiger partial charge < -0.3 is 10.2 Å². The van der Waals surface area contributed by atoms with Gasteiger partial charge in [-0.1, -0.05) is 49.4 Å². The van der Waals surface area contributed by atoms with E-state index in [1.807, 2.05) is 6.07 Å². The van der Waals surface area contributed by atoms with Gasteiger partial charge in [-0.2, -0.15) is 0 Å². The van der Waals surface area contributed by atoms with Crippen molar-refractivity contribution in [3.63, 3.8) is 0 Å². The molecule has 4 rings (SSSR count). The average molecular weight is 361 g/mol. The first-order chi connectivity index (χ1) is 12.3. The van der Waals surface area contributed by atoms with Crippen LogP contribution >= 0.6 is 11.6 Å². The molecule has 25 heavy (non-hydrogen) atoms. The third kappa shape index (κ3) is 4.40. The number of hydrogen-bond acceptors (Lipinski definition) is 2. The fourth-order valence-electron chi connectivity index (χ4n) is 5.71. The Labute approximate surface area is 158 Å². The van der Waals surface area contributed by atoms with E-state index in [4.69, 9.17) is 11.6 Å². The van der Waals surface area contributed by atoms with Crippen LogP contribution in [0.15, 0.2) is 24.3 Å². The first-order valence-electron chi connectivity index (χ1n) is 10.5. The minimum atomic E-state index is 0.652. The lowest BCUT2D eigenvalue weighted by Gasteiger charge is -2.43. The smallest absolute Gasteiger partial charge is 0.0408 e. The third-order valence-corrected chi connectivity index (χ3v) is 7.33. The van der Waals surface area contributed by atoms with Gasteiger partial charge in [0.05, 0.1) is 0 Å². The molecule has 2 nitrogen and oxygen atoms in total. The molecule has 0 aromatic heterocycles. The van der Waals surface area contributed by atoms with Gasteiger partial charge in [0.25, 0.3) is 0 Å². The van der Waals surface area contributed by atoms with E-state index in [1.165, 1.54) is 70.1 Å². The van der Waals surface area contributed by atoms with Crippen molar-refractivity contribution in [2.75, 3.05) is 32.7 Å². The van der Waals surface area contributed by atoms with Crippen LogP contribution in [0.3, 0.4) is 0 Å². The largest absolute Gasteiger partial charge is 0.314 e. The highest BCUT2D eigenvalue weighted by atomic mass is 35.5. The Morgan fingerprint density at radius 2 is 1.84 bits per heavy atom. The SMILES string of the molecule is Clc1cccc(C(CN2CCNCC2)C2CCC3CCCCC3C2)c1. The van der Waals surface area contributed by atoms with Crippen molar-refractivity contribution >= 4 is 11.6 Å². The summed E-state index contributed by atoms with van der Waals surface area (Å²) >= 11 is 6.36. The molecule has 4 atom stereocenters. The van der Waals surface area contributed by atoms with Crippen molar-refractivity contribution in [2.24, 2.45) is 17.8 Å². The van der Waals surface area contributed by atoms with Crippen molar-refractivity contribution in [3.8, 4) is 0 Å². The minimum absolute atomic E-state index is 0.652. The number of benzene rings is 1. The number of halogens is 1. The Bertz CT molecular complexity index is 555. The predicted octanol–water partition coefficient (Wildman–Crippen LogP) is 4.94. The molecule has 1 aliphatic heterocycles. The van der Waals surface area contributed by atoms with Crippen molar-refractivity contribution in [1.29, 1.82) is 0 Å². The maximum absolute atomic E-state index is 6.36. The van der Waals surface area contributed by atoms with Crippen LogP contribution in [0.25, 0.3) is 0 Å². The molecule has 3 aliphatic rings. The van der Waals surface area contributed by atoms with Crippen LogP contribution in [0.1, 0.15) is 56.4 Å². The third-order valence-electron chi connectivity index (χ3n) is 7.09. The molecule has 2 saturated carbocycles. The maximum Gasteiger partial charge on any atom is 0.0408 e. The molecule has 0 amide bonds. The molecular weight excluding hydrogens is 328 g/mol. The zero-order valence-corrected chi connectivity index (χ0v) is 16.2. The van der Waals surface area contributed by atoms with Crippen LogP contribution in [0.2, 0.25) is 5.02 Å². The van der Waals surface area contributed by atoms with E-state index in [9.17, 15) is 0 Å². The summed E-state index contributed by atoms with van der Waals surface area (Å²) in [5, 5.41) is 4.39. The Kier molecular flexibility index (Phi) is 6.00. The van der Waals surface area contributed by atoms with E-state index in [0.717, 1.165) is 35.9 Å². The van der Waals surface area contributed by atoms with Crippen molar-refractivity contribution < 1.29 is 0 Å². The first kappa shape index (κ1) is 17.8. The number of hydrogen-bond donors (Lipinski definition) is 1. The maximum atomic E-state index is 6.36. The highest BCUT2D eigenvalue weighted by Crippen LogP contribution is 2.47. The fraction of sp³-hybridized carbons (Fsp3) is 0.727. The second-order valence-corrected chi connectivity index (χ2v) is 9.03. The van der Waals surface area contributed by atoms with Crippen LogP contribution in [-0.2, 0) is 0 Å². The molecule has 1 N–H and O–H groups in total. The second kappa shape index (κ2) is 8.41. The predicted molar refractivity (Wildman–Crippen MR) is 106 cm³/mol. The van der Waals surface area contributed by atoms with Crippen LogP contribution in [0.4, 0.5) is 0 Å². The van der Waals surface area contributed by atoms with E-state index in [1.54, 1.807) is 0 Å².